The third kappa shape index (κ3) is 3.84. The molecule has 1 unspecified atom stereocenters. The van der Waals surface area contributed by atoms with Crippen LogP contribution in [0.2, 0.25) is 0 Å². The fourth-order valence-corrected chi connectivity index (χ4v) is 2.91. The molecule has 2 heteroatoms. The number of nitrogens with one attached hydrogen (secondary N) is 1. The normalized spacial score (nSPS) is 13.8. The molecule has 0 bridgehead atoms. The standard InChI is InChI=1S/C14H23NS/c1-6-12(15-5)11-9-7-8-10-13(11)16-14(2,3)4/h7-10,12,15H,6H2,1-5H3. The van der Waals surface area contributed by atoms with Gasteiger partial charge in [0.05, 0.1) is 0 Å². The molecule has 90 valence electrons. The summed E-state index contributed by atoms with van der Waals surface area (Å²) in [4.78, 5) is 1.40. The summed E-state index contributed by atoms with van der Waals surface area (Å²) in [7, 11) is 2.03. The third-order valence-corrected chi connectivity index (χ3v) is 3.67. The van der Waals surface area contributed by atoms with Gasteiger partial charge in [-0.2, -0.15) is 0 Å². The molecule has 1 aromatic carbocycles. The number of rotatable bonds is 4. The quantitative estimate of drug-likeness (QED) is 0.786. The molecular formula is C14H23NS. The van der Waals surface area contributed by atoms with Crippen LogP contribution in [0, 0.1) is 0 Å². The van der Waals surface area contributed by atoms with Gasteiger partial charge in [0.25, 0.3) is 0 Å². The van der Waals surface area contributed by atoms with Crippen molar-refractivity contribution in [3.63, 3.8) is 0 Å². The molecule has 1 nitrogen and oxygen atoms in total. The van der Waals surface area contributed by atoms with Crippen LogP contribution >= 0.6 is 11.8 Å². The Kier molecular flexibility index (Phi) is 4.88. The van der Waals surface area contributed by atoms with E-state index in [-0.39, 0.29) is 4.75 Å². The topological polar surface area (TPSA) is 12.0 Å². The van der Waals surface area contributed by atoms with Crippen molar-refractivity contribution in [1.29, 1.82) is 0 Å². The van der Waals surface area contributed by atoms with Gasteiger partial charge in [0.1, 0.15) is 0 Å². The first-order valence-electron chi connectivity index (χ1n) is 5.93. The van der Waals surface area contributed by atoms with E-state index in [1.807, 2.05) is 18.8 Å². The highest BCUT2D eigenvalue weighted by Crippen LogP contribution is 2.36. The largest absolute Gasteiger partial charge is 0.313 e. The Labute approximate surface area is 104 Å². The number of hydrogen-bond donors (Lipinski definition) is 1. The summed E-state index contributed by atoms with van der Waals surface area (Å²) in [6, 6.07) is 9.18. The molecule has 0 amide bonds. The number of hydrogen-bond acceptors (Lipinski definition) is 2. The zero-order valence-electron chi connectivity index (χ0n) is 11.0. The predicted octanol–water partition coefficient (Wildman–Crippen LogP) is 4.25. The summed E-state index contributed by atoms with van der Waals surface area (Å²) in [5, 5.41) is 3.38. The number of thioether (sulfide) groups is 1. The Morgan fingerprint density at radius 2 is 1.88 bits per heavy atom. The molecule has 0 aromatic heterocycles. The van der Waals surface area contributed by atoms with Crippen molar-refractivity contribution in [2.75, 3.05) is 7.05 Å². The molecular weight excluding hydrogens is 214 g/mol. The molecule has 1 rings (SSSR count). The second-order valence-corrected chi connectivity index (χ2v) is 6.87. The molecule has 0 radical (unpaired) electrons. The molecule has 0 spiro atoms. The maximum absolute atomic E-state index is 3.38. The highest BCUT2D eigenvalue weighted by atomic mass is 32.2. The van der Waals surface area contributed by atoms with Crippen LogP contribution in [0.3, 0.4) is 0 Å². The van der Waals surface area contributed by atoms with Crippen LogP contribution in [0.25, 0.3) is 0 Å². The Bertz CT molecular complexity index is 324. The summed E-state index contributed by atoms with van der Waals surface area (Å²) < 4.78 is 0.266. The van der Waals surface area contributed by atoms with Gasteiger partial charge in [-0.25, -0.2) is 0 Å². The highest BCUT2D eigenvalue weighted by Gasteiger charge is 2.17. The lowest BCUT2D eigenvalue weighted by Crippen LogP contribution is -2.17. The first-order chi connectivity index (χ1) is 7.48. The lowest BCUT2D eigenvalue weighted by Gasteiger charge is -2.23. The molecule has 0 fully saturated rings. The molecule has 0 aliphatic carbocycles. The maximum atomic E-state index is 3.38. The SMILES string of the molecule is CCC(NC)c1ccccc1SC(C)(C)C. The monoisotopic (exact) mass is 237 g/mol. The number of benzene rings is 1. The Morgan fingerprint density at radius 1 is 1.25 bits per heavy atom. The van der Waals surface area contributed by atoms with Crippen LogP contribution in [-0.2, 0) is 0 Å². The fourth-order valence-electron chi connectivity index (χ4n) is 1.77. The van der Waals surface area contributed by atoms with Gasteiger partial charge in [-0.1, -0.05) is 45.9 Å². The molecule has 16 heavy (non-hydrogen) atoms. The minimum Gasteiger partial charge on any atom is -0.313 e. The summed E-state index contributed by atoms with van der Waals surface area (Å²) in [5.74, 6) is 0. The molecule has 0 saturated heterocycles. The fraction of sp³-hybridized carbons (Fsp3) is 0.571. The first kappa shape index (κ1) is 13.6. The average Bonchev–Trinajstić information content (AvgIpc) is 2.20. The van der Waals surface area contributed by atoms with Gasteiger partial charge in [-0.3, -0.25) is 0 Å². The van der Waals surface area contributed by atoms with Gasteiger partial charge >= 0.3 is 0 Å². The maximum Gasteiger partial charge on any atom is 0.0326 e. The molecule has 0 saturated carbocycles. The summed E-state index contributed by atoms with van der Waals surface area (Å²) >= 11 is 1.95. The minimum absolute atomic E-state index is 0.266. The van der Waals surface area contributed by atoms with Gasteiger partial charge in [0, 0.05) is 15.7 Å². The van der Waals surface area contributed by atoms with Crippen LogP contribution in [0.5, 0.6) is 0 Å². The van der Waals surface area contributed by atoms with Crippen molar-refractivity contribution < 1.29 is 0 Å². The van der Waals surface area contributed by atoms with Crippen molar-refractivity contribution >= 4 is 11.8 Å². The Hall–Kier alpha value is -0.470. The lowest BCUT2D eigenvalue weighted by molar-refractivity contribution is 0.568. The molecule has 0 heterocycles. The predicted molar refractivity (Wildman–Crippen MR) is 74.1 cm³/mol. The summed E-state index contributed by atoms with van der Waals surface area (Å²) in [6.07, 6.45) is 1.12. The molecule has 0 aliphatic heterocycles. The van der Waals surface area contributed by atoms with E-state index < -0.39 is 0 Å². The Balaban J connectivity index is 3.00. The van der Waals surface area contributed by atoms with Crippen molar-refractivity contribution in [3.8, 4) is 0 Å². The van der Waals surface area contributed by atoms with Crippen LogP contribution in [0.15, 0.2) is 29.2 Å². The Morgan fingerprint density at radius 3 is 2.38 bits per heavy atom. The van der Waals surface area contributed by atoms with E-state index in [0.29, 0.717) is 6.04 Å². The second-order valence-electron chi connectivity index (χ2n) is 5.00. The van der Waals surface area contributed by atoms with Gasteiger partial charge in [-0.15, -0.1) is 11.8 Å². The van der Waals surface area contributed by atoms with Crippen LogP contribution < -0.4 is 5.32 Å². The van der Waals surface area contributed by atoms with Crippen molar-refractivity contribution in [2.45, 2.75) is 49.8 Å². The van der Waals surface area contributed by atoms with E-state index in [1.54, 1.807) is 0 Å². The van der Waals surface area contributed by atoms with E-state index >= 15 is 0 Å². The van der Waals surface area contributed by atoms with Crippen molar-refractivity contribution in [2.24, 2.45) is 0 Å². The smallest absolute Gasteiger partial charge is 0.0326 e. The van der Waals surface area contributed by atoms with Crippen LogP contribution in [0.4, 0.5) is 0 Å². The van der Waals surface area contributed by atoms with Gasteiger partial charge in [0.2, 0.25) is 0 Å². The molecule has 0 aliphatic rings. The first-order valence-corrected chi connectivity index (χ1v) is 6.74. The van der Waals surface area contributed by atoms with Crippen molar-refractivity contribution in [1.82, 2.24) is 5.32 Å². The van der Waals surface area contributed by atoms with Gasteiger partial charge in [0.15, 0.2) is 0 Å². The van der Waals surface area contributed by atoms with Crippen molar-refractivity contribution in [3.05, 3.63) is 29.8 Å². The highest BCUT2D eigenvalue weighted by molar-refractivity contribution is 8.00. The molecule has 1 aromatic rings. The van der Waals surface area contributed by atoms with Gasteiger partial charge in [-0.05, 0) is 25.1 Å². The zero-order chi connectivity index (χ0) is 12.2. The lowest BCUT2D eigenvalue weighted by atomic mass is 10.1. The summed E-state index contributed by atoms with van der Waals surface area (Å²) in [6.45, 7) is 9.00. The van der Waals surface area contributed by atoms with Crippen LogP contribution in [0.1, 0.15) is 45.7 Å². The molecule has 1 atom stereocenters. The van der Waals surface area contributed by atoms with Crippen LogP contribution in [-0.4, -0.2) is 11.8 Å². The minimum atomic E-state index is 0.266. The third-order valence-electron chi connectivity index (χ3n) is 2.47. The van der Waals surface area contributed by atoms with E-state index in [4.69, 9.17) is 0 Å². The van der Waals surface area contributed by atoms with E-state index in [0.717, 1.165) is 6.42 Å². The molecule has 1 N–H and O–H groups in total. The summed E-state index contributed by atoms with van der Waals surface area (Å²) in [5.41, 5.74) is 1.42. The van der Waals surface area contributed by atoms with E-state index in [1.165, 1.54) is 10.5 Å². The van der Waals surface area contributed by atoms with E-state index in [2.05, 4.69) is 57.3 Å². The van der Waals surface area contributed by atoms with E-state index in [9.17, 15) is 0 Å². The average molecular weight is 237 g/mol. The van der Waals surface area contributed by atoms with Gasteiger partial charge < -0.3 is 5.32 Å². The zero-order valence-corrected chi connectivity index (χ0v) is 11.8. The second kappa shape index (κ2) is 5.74.